The first-order valence-electron chi connectivity index (χ1n) is 6.37. The second-order valence-corrected chi connectivity index (χ2v) is 4.10. The van der Waals surface area contributed by atoms with Crippen LogP contribution in [0.15, 0.2) is 49.2 Å². The molecule has 1 heterocycles. The van der Waals surface area contributed by atoms with Crippen molar-refractivity contribution in [2.75, 3.05) is 24.3 Å². The smallest absolute Gasteiger partial charge is 0.224 e. The molecule has 0 radical (unpaired) electrons. The van der Waals surface area contributed by atoms with Gasteiger partial charge in [0, 0.05) is 24.8 Å². The average molecular weight is 270 g/mol. The molecule has 0 bridgehead atoms. The minimum absolute atomic E-state index is 0.579. The number of rotatable bonds is 7. The van der Waals surface area contributed by atoms with Gasteiger partial charge in [-0.05, 0) is 12.1 Å². The quantitative estimate of drug-likeness (QED) is 0.758. The Morgan fingerprint density at radius 3 is 2.90 bits per heavy atom. The third-order valence-corrected chi connectivity index (χ3v) is 2.71. The number of benzene rings is 1. The van der Waals surface area contributed by atoms with Crippen LogP contribution in [0.5, 0.6) is 5.75 Å². The van der Waals surface area contributed by atoms with E-state index in [9.17, 15) is 0 Å². The van der Waals surface area contributed by atoms with Gasteiger partial charge in [-0.1, -0.05) is 24.3 Å². The minimum Gasteiger partial charge on any atom is -0.496 e. The molecule has 0 aliphatic rings. The number of nitrogens with zero attached hydrogens (tertiary/aromatic N) is 2. The number of hydrogen-bond acceptors (Lipinski definition) is 5. The summed E-state index contributed by atoms with van der Waals surface area (Å²) in [6, 6.07) is 9.72. The van der Waals surface area contributed by atoms with Gasteiger partial charge in [-0.15, -0.1) is 6.58 Å². The first-order chi connectivity index (χ1) is 9.83. The lowest BCUT2D eigenvalue weighted by molar-refractivity contribution is 0.410. The fraction of sp³-hybridized carbons (Fsp3) is 0.200. The van der Waals surface area contributed by atoms with E-state index in [0.717, 1.165) is 17.1 Å². The van der Waals surface area contributed by atoms with Crippen LogP contribution in [0, 0.1) is 0 Å². The second-order valence-electron chi connectivity index (χ2n) is 4.10. The van der Waals surface area contributed by atoms with Gasteiger partial charge in [0.25, 0.3) is 0 Å². The molecule has 5 heteroatoms. The van der Waals surface area contributed by atoms with Crippen LogP contribution in [-0.4, -0.2) is 23.6 Å². The molecule has 0 unspecified atom stereocenters. The van der Waals surface area contributed by atoms with E-state index in [1.165, 1.54) is 0 Å². The molecule has 1 aromatic heterocycles. The Morgan fingerprint density at radius 2 is 2.10 bits per heavy atom. The van der Waals surface area contributed by atoms with Crippen molar-refractivity contribution >= 4 is 11.8 Å². The normalized spacial score (nSPS) is 9.85. The number of ether oxygens (including phenoxy) is 1. The van der Waals surface area contributed by atoms with Gasteiger partial charge in [-0.25, -0.2) is 4.98 Å². The Morgan fingerprint density at radius 1 is 1.25 bits per heavy atom. The van der Waals surface area contributed by atoms with Gasteiger partial charge in [-0.3, -0.25) is 0 Å². The van der Waals surface area contributed by atoms with E-state index in [4.69, 9.17) is 4.74 Å². The highest BCUT2D eigenvalue weighted by atomic mass is 16.5. The maximum atomic E-state index is 5.31. The fourth-order valence-electron chi connectivity index (χ4n) is 1.74. The summed E-state index contributed by atoms with van der Waals surface area (Å²) in [5, 5.41) is 6.31. The van der Waals surface area contributed by atoms with Crippen LogP contribution in [-0.2, 0) is 6.54 Å². The first kappa shape index (κ1) is 13.9. The Balaban J connectivity index is 2.01. The van der Waals surface area contributed by atoms with Gasteiger partial charge in [0.15, 0.2) is 0 Å². The zero-order valence-corrected chi connectivity index (χ0v) is 11.5. The van der Waals surface area contributed by atoms with Crippen LogP contribution in [0.2, 0.25) is 0 Å². The maximum Gasteiger partial charge on any atom is 0.224 e. The van der Waals surface area contributed by atoms with Gasteiger partial charge in [0.1, 0.15) is 11.6 Å². The molecule has 0 aliphatic carbocycles. The summed E-state index contributed by atoms with van der Waals surface area (Å²) in [5.74, 6) is 2.20. The largest absolute Gasteiger partial charge is 0.496 e. The van der Waals surface area contributed by atoms with E-state index >= 15 is 0 Å². The Labute approximate surface area is 118 Å². The molecule has 2 rings (SSSR count). The summed E-state index contributed by atoms with van der Waals surface area (Å²) in [6.45, 7) is 4.92. The lowest BCUT2D eigenvalue weighted by Crippen LogP contribution is -2.07. The third-order valence-electron chi connectivity index (χ3n) is 2.71. The van der Waals surface area contributed by atoms with Crippen LogP contribution in [0.25, 0.3) is 0 Å². The van der Waals surface area contributed by atoms with Crippen LogP contribution in [0.3, 0.4) is 0 Å². The van der Waals surface area contributed by atoms with E-state index < -0.39 is 0 Å². The Hall–Kier alpha value is -2.56. The van der Waals surface area contributed by atoms with Crippen molar-refractivity contribution < 1.29 is 4.74 Å². The standard InChI is InChI=1S/C15H18N4O/c1-3-9-16-15-17-10-8-14(19-15)18-11-12-6-4-5-7-13(12)20-2/h3-8,10H,1,9,11H2,2H3,(H2,16,17,18,19). The lowest BCUT2D eigenvalue weighted by Gasteiger charge is -2.10. The summed E-state index contributed by atoms with van der Waals surface area (Å²) in [7, 11) is 1.67. The van der Waals surface area contributed by atoms with Gasteiger partial charge < -0.3 is 15.4 Å². The summed E-state index contributed by atoms with van der Waals surface area (Å²) in [5.41, 5.74) is 1.08. The van der Waals surface area contributed by atoms with Crippen LogP contribution >= 0.6 is 0 Å². The topological polar surface area (TPSA) is 59.1 Å². The van der Waals surface area contributed by atoms with Gasteiger partial charge in [0.05, 0.1) is 7.11 Å². The zero-order valence-electron chi connectivity index (χ0n) is 11.5. The monoisotopic (exact) mass is 270 g/mol. The zero-order chi connectivity index (χ0) is 14.2. The highest BCUT2D eigenvalue weighted by Crippen LogP contribution is 2.18. The Kier molecular flexibility index (Phi) is 4.94. The summed E-state index contributed by atoms with van der Waals surface area (Å²) in [6.07, 6.45) is 3.47. The van der Waals surface area contributed by atoms with Crippen molar-refractivity contribution in [2.45, 2.75) is 6.54 Å². The van der Waals surface area contributed by atoms with Crippen molar-refractivity contribution in [3.63, 3.8) is 0 Å². The van der Waals surface area contributed by atoms with E-state index in [1.54, 1.807) is 19.4 Å². The van der Waals surface area contributed by atoms with Crippen LogP contribution in [0.4, 0.5) is 11.8 Å². The molecular formula is C15H18N4O. The molecule has 0 atom stereocenters. The van der Waals surface area contributed by atoms with Gasteiger partial charge in [0.2, 0.25) is 5.95 Å². The van der Waals surface area contributed by atoms with Crippen molar-refractivity contribution in [2.24, 2.45) is 0 Å². The second kappa shape index (κ2) is 7.13. The molecule has 0 saturated carbocycles. The predicted octanol–water partition coefficient (Wildman–Crippen LogP) is 2.70. The van der Waals surface area contributed by atoms with Gasteiger partial charge in [-0.2, -0.15) is 4.98 Å². The van der Waals surface area contributed by atoms with E-state index in [0.29, 0.717) is 19.0 Å². The molecule has 1 aromatic carbocycles. The fourth-order valence-corrected chi connectivity index (χ4v) is 1.74. The number of methoxy groups -OCH3 is 1. The minimum atomic E-state index is 0.579. The van der Waals surface area contributed by atoms with E-state index in [-0.39, 0.29) is 0 Å². The van der Waals surface area contributed by atoms with Crippen molar-refractivity contribution in [3.05, 3.63) is 54.7 Å². The van der Waals surface area contributed by atoms with Crippen LogP contribution in [0.1, 0.15) is 5.56 Å². The molecule has 2 N–H and O–H groups in total. The van der Waals surface area contributed by atoms with E-state index in [1.807, 2.05) is 30.3 Å². The molecule has 20 heavy (non-hydrogen) atoms. The molecular weight excluding hydrogens is 252 g/mol. The van der Waals surface area contributed by atoms with Crippen LogP contribution < -0.4 is 15.4 Å². The molecule has 0 spiro atoms. The molecule has 0 aliphatic heterocycles. The Bertz CT molecular complexity index is 571. The molecule has 2 aromatic rings. The molecule has 104 valence electrons. The van der Waals surface area contributed by atoms with Gasteiger partial charge >= 0.3 is 0 Å². The molecule has 0 fully saturated rings. The molecule has 5 nitrogen and oxygen atoms in total. The van der Waals surface area contributed by atoms with Crippen molar-refractivity contribution in [3.8, 4) is 5.75 Å². The number of hydrogen-bond donors (Lipinski definition) is 2. The number of anilines is 2. The summed E-state index contributed by atoms with van der Waals surface area (Å²) >= 11 is 0. The highest BCUT2D eigenvalue weighted by molar-refractivity contribution is 5.42. The predicted molar refractivity (Wildman–Crippen MR) is 81.0 cm³/mol. The number of para-hydroxylation sites is 1. The molecule has 0 saturated heterocycles. The highest BCUT2D eigenvalue weighted by Gasteiger charge is 2.02. The maximum absolute atomic E-state index is 5.31. The summed E-state index contributed by atoms with van der Waals surface area (Å²) < 4.78 is 5.31. The SMILES string of the molecule is C=CCNc1nccc(NCc2ccccc2OC)n1. The van der Waals surface area contributed by atoms with Crippen molar-refractivity contribution in [1.29, 1.82) is 0 Å². The van der Waals surface area contributed by atoms with E-state index in [2.05, 4.69) is 27.2 Å². The lowest BCUT2D eigenvalue weighted by atomic mass is 10.2. The summed E-state index contributed by atoms with van der Waals surface area (Å²) in [4.78, 5) is 8.49. The number of nitrogens with one attached hydrogen (secondary N) is 2. The average Bonchev–Trinajstić information content (AvgIpc) is 2.51. The third kappa shape index (κ3) is 3.71. The first-order valence-corrected chi connectivity index (χ1v) is 6.37. The van der Waals surface area contributed by atoms with Crippen molar-refractivity contribution in [1.82, 2.24) is 9.97 Å². The number of aromatic nitrogens is 2. The molecule has 0 amide bonds.